The van der Waals surface area contributed by atoms with Gasteiger partial charge in [0.25, 0.3) is 0 Å². The summed E-state index contributed by atoms with van der Waals surface area (Å²) in [5, 5.41) is 49.7. The number of carbonyl (C=O) groups is 2. The minimum absolute atomic E-state index is 0.145. The molecule has 16 heteroatoms. The summed E-state index contributed by atoms with van der Waals surface area (Å²) in [6.45, 7) is -0.298. The number of ether oxygens (including phenoxy) is 7. The first kappa shape index (κ1) is 30.6. The van der Waals surface area contributed by atoms with Crippen molar-refractivity contribution in [2.45, 2.75) is 61.4 Å². The molecule has 43 heavy (non-hydrogen) atoms. The van der Waals surface area contributed by atoms with Crippen LogP contribution in [0.1, 0.15) is 29.6 Å². The Labute approximate surface area is 244 Å². The van der Waals surface area contributed by atoms with Crippen LogP contribution in [0.25, 0.3) is 0 Å². The monoisotopic (exact) mass is 608 g/mol. The van der Waals surface area contributed by atoms with E-state index in [1.807, 2.05) is 6.07 Å². The van der Waals surface area contributed by atoms with Gasteiger partial charge in [0.15, 0.2) is 24.4 Å². The second-order valence-corrected chi connectivity index (χ2v) is 10.1. The third-order valence-electron chi connectivity index (χ3n) is 7.38. The number of hydrogen-bond donors (Lipinski definition) is 7. The predicted octanol–water partition coefficient (Wildman–Crippen LogP) is -1.55. The van der Waals surface area contributed by atoms with Crippen molar-refractivity contribution in [3.05, 3.63) is 41.5 Å². The quantitative estimate of drug-likeness (QED) is 0.0915. The molecule has 0 radical (unpaired) electrons. The molecule has 1 saturated heterocycles. The number of fused-ring (bicyclic) bond motifs is 5. The number of carbonyl (C=O) groups excluding carboxylic acids is 1. The van der Waals surface area contributed by atoms with Crippen LogP contribution in [-0.4, -0.2) is 101 Å². The van der Waals surface area contributed by atoms with Crippen molar-refractivity contribution in [2.75, 3.05) is 20.5 Å². The van der Waals surface area contributed by atoms with Gasteiger partial charge in [-0.1, -0.05) is 6.07 Å². The molecule has 2 aromatic rings. The smallest absolute Gasteiger partial charge is 0.317 e. The van der Waals surface area contributed by atoms with Crippen molar-refractivity contribution in [1.82, 2.24) is 0 Å². The lowest BCUT2D eigenvalue weighted by Crippen LogP contribution is -2.66. The highest BCUT2D eigenvalue weighted by Gasteiger charge is 2.50. The summed E-state index contributed by atoms with van der Waals surface area (Å²) in [4.78, 5) is 22.8. The minimum Gasteiger partial charge on any atom is -0.492 e. The number of nitrogens with two attached hydrogens (primary N) is 2. The molecular weight excluding hydrogens is 576 g/mol. The summed E-state index contributed by atoms with van der Waals surface area (Å²) < 4.78 is 39.4. The zero-order valence-electron chi connectivity index (χ0n) is 22.8. The topological polar surface area (TPSA) is 252 Å². The van der Waals surface area contributed by atoms with Crippen molar-refractivity contribution in [3.63, 3.8) is 0 Å². The normalized spacial score (nSPS) is 28.0. The molecule has 9 N–H and O–H groups in total. The van der Waals surface area contributed by atoms with Gasteiger partial charge in [-0.15, -0.1) is 0 Å². The summed E-state index contributed by atoms with van der Waals surface area (Å²) in [5.41, 5.74) is 12.9. The third-order valence-corrected chi connectivity index (χ3v) is 7.38. The fourth-order valence-corrected chi connectivity index (χ4v) is 5.37. The van der Waals surface area contributed by atoms with Crippen molar-refractivity contribution < 1.29 is 68.3 Å². The van der Waals surface area contributed by atoms with Crippen LogP contribution in [0.15, 0.2) is 30.3 Å². The van der Waals surface area contributed by atoms with E-state index >= 15 is 0 Å². The molecule has 0 spiro atoms. The molecule has 3 heterocycles. The number of esters is 1. The van der Waals surface area contributed by atoms with Crippen LogP contribution in [0.4, 0.5) is 0 Å². The molecule has 0 aliphatic carbocycles. The Morgan fingerprint density at radius 3 is 2.49 bits per heavy atom. The first-order valence-electron chi connectivity index (χ1n) is 13.2. The predicted molar refractivity (Wildman–Crippen MR) is 140 cm³/mol. The van der Waals surface area contributed by atoms with E-state index < -0.39 is 74.2 Å². The van der Waals surface area contributed by atoms with Crippen molar-refractivity contribution in [3.8, 4) is 28.7 Å². The molecule has 0 bridgehead atoms. The van der Waals surface area contributed by atoms with Gasteiger partial charge >= 0.3 is 11.9 Å². The Kier molecular flexibility index (Phi) is 8.79. The van der Waals surface area contributed by atoms with Crippen LogP contribution < -0.4 is 35.2 Å². The Morgan fingerprint density at radius 1 is 1.07 bits per heavy atom. The Hall–Kier alpha value is -3.90. The molecule has 0 amide bonds. The second-order valence-electron chi connectivity index (χ2n) is 10.1. The number of carboxylic acids is 1. The summed E-state index contributed by atoms with van der Waals surface area (Å²) in [6, 6.07) is 8.26. The van der Waals surface area contributed by atoms with Crippen LogP contribution in [0.5, 0.6) is 28.7 Å². The highest BCUT2D eigenvalue weighted by Crippen LogP contribution is 2.56. The van der Waals surface area contributed by atoms with Gasteiger partial charge in [0.05, 0.1) is 25.8 Å². The number of benzene rings is 2. The third kappa shape index (κ3) is 5.85. The van der Waals surface area contributed by atoms with E-state index in [-0.39, 0.29) is 18.3 Å². The van der Waals surface area contributed by atoms with Gasteiger partial charge in [-0.05, 0) is 18.2 Å². The first-order valence-corrected chi connectivity index (χ1v) is 13.2. The van der Waals surface area contributed by atoms with E-state index in [4.69, 9.17) is 49.7 Å². The zero-order chi connectivity index (χ0) is 31.0. The number of aliphatic hydroxyl groups is 4. The summed E-state index contributed by atoms with van der Waals surface area (Å²) >= 11 is 0. The molecule has 5 rings (SSSR count). The Morgan fingerprint density at radius 2 is 1.81 bits per heavy atom. The minimum atomic E-state index is -1.84. The molecule has 2 aromatic carbocycles. The molecular formula is C27H32N2O14. The summed E-state index contributed by atoms with van der Waals surface area (Å²) in [5.74, 6) is -1.17. The van der Waals surface area contributed by atoms with Gasteiger partial charge in [-0.25, -0.2) is 0 Å². The molecule has 0 aromatic heterocycles. The van der Waals surface area contributed by atoms with E-state index in [0.29, 0.717) is 28.6 Å². The molecule has 8 unspecified atom stereocenters. The van der Waals surface area contributed by atoms with Gasteiger partial charge in [0.2, 0.25) is 12.0 Å². The molecule has 1 fully saturated rings. The SMILES string of the molecule is COc1c(OCO)ccc2c1OC1c3ccc(OC4OC(C(OC(=O)CC(=O)O)C(N)N)C(O)C(O)C4O)cc3OCC21. The zero-order valence-corrected chi connectivity index (χ0v) is 22.8. The van der Waals surface area contributed by atoms with Crippen molar-refractivity contribution in [1.29, 1.82) is 0 Å². The number of aliphatic carboxylic acids is 1. The Balaban J connectivity index is 1.34. The van der Waals surface area contributed by atoms with Crippen molar-refractivity contribution >= 4 is 11.9 Å². The average Bonchev–Trinajstić information content (AvgIpc) is 3.35. The van der Waals surface area contributed by atoms with Gasteiger partial charge in [-0.3, -0.25) is 9.59 Å². The summed E-state index contributed by atoms with van der Waals surface area (Å²) in [7, 11) is 1.46. The average molecular weight is 609 g/mol. The van der Waals surface area contributed by atoms with Crippen molar-refractivity contribution in [2.24, 2.45) is 11.5 Å². The number of aliphatic hydroxyl groups excluding tert-OH is 4. The lowest BCUT2D eigenvalue weighted by atomic mass is 9.89. The number of hydrogen-bond acceptors (Lipinski definition) is 15. The van der Waals surface area contributed by atoms with Gasteiger partial charge in [-0.2, -0.15) is 0 Å². The van der Waals surface area contributed by atoms with E-state index in [0.717, 1.165) is 5.56 Å². The van der Waals surface area contributed by atoms with Gasteiger partial charge < -0.3 is 70.2 Å². The molecule has 3 aliphatic heterocycles. The lowest BCUT2D eigenvalue weighted by molar-refractivity contribution is -0.291. The van der Waals surface area contributed by atoms with Gasteiger partial charge in [0, 0.05) is 17.2 Å². The second kappa shape index (κ2) is 12.4. The Bertz CT molecular complexity index is 1360. The highest BCUT2D eigenvalue weighted by molar-refractivity contribution is 5.90. The fourth-order valence-electron chi connectivity index (χ4n) is 5.37. The number of carboxylic acid groups (broad SMARTS) is 1. The maximum atomic E-state index is 12.0. The first-order chi connectivity index (χ1) is 20.5. The van der Waals surface area contributed by atoms with E-state index in [1.54, 1.807) is 18.2 Å². The fraction of sp³-hybridized carbons (Fsp3) is 0.481. The lowest BCUT2D eigenvalue weighted by Gasteiger charge is -2.43. The highest BCUT2D eigenvalue weighted by atomic mass is 16.7. The van der Waals surface area contributed by atoms with Gasteiger partial charge in [0.1, 0.15) is 48.4 Å². The van der Waals surface area contributed by atoms with Crippen LogP contribution in [0.2, 0.25) is 0 Å². The van der Waals surface area contributed by atoms with E-state index in [9.17, 15) is 30.0 Å². The number of rotatable bonds is 10. The molecule has 0 saturated carbocycles. The largest absolute Gasteiger partial charge is 0.492 e. The van der Waals surface area contributed by atoms with Crippen LogP contribution in [0.3, 0.4) is 0 Å². The van der Waals surface area contributed by atoms with E-state index in [1.165, 1.54) is 13.2 Å². The molecule has 16 nitrogen and oxygen atoms in total. The summed E-state index contributed by atoms with van der Waals surface area (Å²) in [6.07, 6.45) is -13.1. The number of methoxy groups -OCH3 is 1. The maximum absolute atomic E-state index is 12.0. The van der Waals surface area contributed by atoms with E-state index in [2.05, 4.69) is 0 Å². The molecule has 234 valence electrons. The molecule has 8 atom stereocenters. The van der Waals surface area contributed by atoms with Crippen LogP contribution in [0, 0.1) is 0 Å². The standard InChI is InChI=1S/C27H32N2O14/c1-37-23-14(39-9-30)5-4-11-13-8-38-15-6-10(2-3-12(15)21(13)42-22(11)23)40-27-20(36)18(34)19(35)24(43-27)25(26(28)29)41-17(33)7-16(31)32/h2-6,13,18-21,24-27,30,34-36H,7-9,28-29H2,1H3,(H,31,32). The van der Waals surface area contributed by atoms with Crippen LogP contribution in [-0.2, 0) is 19.1 Å². The molecule has 3 aliphatic rings. The van der Waals surface area contributed by atoms with Crippen LogP contribution >= 0.6 is 0 Å². The maximum Gasteiger partial charge on any atom is 0.317 e.